The van der Waals surface area contributed by atoms with Gasteiger partial charge in [-0.2, -0.15) is 5.10 Å². The number of H-pyrrole nitrogens is 2. The summed E-state index contributed by atoms with van der Waals surface area (Å²) in [5.41, 5.74) is 5.41. The van der Waals surface area contributed by atoms with Crippen LogP contribution < -0.4 is 5.32 Å². The fourth-order valence-corrected chi connectivity index (χ4v) is 4.18. The number of hydrogen-bond acceptors (Lipinski definition) is 7. The van der Waals surface area contributed by atoms with Crippen molar-refractivity contribution in [3.8, 4) is 39.7 Å². The first-order chi connectivity index (χ1) is 18.4. The van der Waals surface area contributed by atoms with Gasteiger partial charge in [0.25, 0.3) is 0 Å². The van der Waals surface area contributed by atoms with Crippen molar-refractivity contribution in [1.29, 1.82) is 0 Å². The number of nitrogens with one attached hydrogen (secondary N) is 3. The molecule has 0 atom stereocenters. The summed E-state index contributed by atoms with van der Waals surface area (Å²) in [5, 5.41) is 20.9. The number of rotatable bonds is 5. The monoisotopic (exact) mass is 508 g/mol. The lowest BCUT2D eigenvalue weighted by Gasteiger charge is -2.08. The number of aromatic amines is 2. The molecule has 0 aliphatic carbocycles. The number of imidazole rings is 1. The predicted molar refractivity (Wildman–Crippen MR) is 141 cm³/mol. The molecule has 188 valence electrons. The molecular formula is C27H21FN8O2. The fraction of sp³-hybridized carbons (Fsp3) is 0.111. The molecule has 1 aromatic carbocycles. The summed E-state index contributed by atoms with van der Waals surface area (Å²) in [5.74, 6) is -0.527. The topological polar surface area (TPSA) is 145 Å². The average Bonchev–Trinajstić information content (AvgIpc) is 3.51. The number of amides is 1. The Kier molecular flexibility index (Phi) is 5.52. The van der Waals surface area contributed by atoms with Gasteiger partial charge in [0.2, 0.25) is 5.91 Å². The molecule has 1 amide bonds. The summed E-state index contributed by atoms with van der Waals surface area (Å²) in [6.07, 6.45) is 8.13. The molecule has 10 nitrogen and oxygen atoms in total. The van der Waals surface area contributed by atoms with Crippen molar-refractivity contribution in [2.24, 2.45) is 5.92 Å². The van der Waals surface area contributed by atoms with Gasteiger partial charge in [0.05, 0.1) is 46.5 Å². The number of aromatic nitrogens is 7. The third kappa shape index (κ3) is 4.19. The van der Waals surface area contributed by atoms with E-state index in [0.29, 0.717) is 50.6 Å². The van der Waals surface area contributed by atoms with Crippen LogP contribution in [-0.2, 0) is 4.79 Å². The molecular weight excluding hydrogens is 487 g/mol. The Hall–Kier alpha value is -5.19. The molecule has 0 aliphatic heterocycles. The van der Waals surface area contributed by atoms with Crippen LogP contribution >= 0.6 is 0 Å². The van der Waals surface area contributed by atoms with E-state index in [-0.39, 0.29) is 17.6 Å². The number of phenols is 1. The average molecular weight is 509 g/mol. The summed E-state index contributed by atoms with van der Waals surface area (Å²) in [4.78, 5) is 33.1. The van der Waals surface area contributed by atoms with Crippen LogP contribution in [0, 0.1) is 11.7 Å². The van der Waals surface area contributed by atoms with Gasteiger partial charge in [-0.3, -0.25) is 24.8 Å². The second-order valence-electron chi connectivity index (χ2n) is 9.16. The third-order valence-corrected chi connectivity index (χ3v) is 6.09. The van der Waals surface area contributed by atoms with Gasteiger partial charge >= 0.3 is 0 Å². The van der Waals surface area contributed by atoms with Crippen molar-refractivity contribution < 1.29 is 14.3 Å². The molecule has 0 aliphatic rings. The summed E-state index contributed by atoms with van der Waals surface area (Å²) < 4.78 is 14.0. The number of anilines is 1. The molecule has 5 heterocycles. The van der Waals surface area contributed by atoms with Crippen LogP contribution in [0.3, 0.4) is 0 Å². The quantitative estimate of drug-likeness (QED) is 0.254. The molecule has 0 saturated heterocycles. The highest BCUT2D eigenvalue weighted by Crippen LogP contribution is 2.33. The van der Waals surface area contributed by atoms with Crippen LogP contribution in [0.15, 0.2) is 61.3 Å². The van der Waals surface area contributed by atoms with Crippen LogP contribution in [0.2, 0.25) is 0 Å². The van der Waals surface area contributed by atoms with Crippen LogP contribution in [0.5, 0.6) is 5.75 Å². The zero-order valence-corrected chi connectivity index (χ0v) is 20.3. The highest BCUT2D eigenvalue weighted by Gasteiger charge is 2.17. The Labute approximate surface area is 215 Å². The van der Waals surface area contributed by atoms with Crippen molar-refractivity contribution in [1.82, 2.24) is 35.1 Å². The number of hydrogen-bond donors (Lipinski definition) is 4. The Morgan fingerprint density at radius 3 is 2.63 bits per heavy atom. The second kappa shape index (κ2) is 9.04. The molecule has 0 saturated carbocycles. The van der Waals surface area contributed by atoms with Gasteiger partial charge in [0, 0.05) is 40.9 Å². The molecule has 4 N–H and O–H groups in total. The summed E-state index contributed by atoms with van der Waals surface area (Å²) in [7, 11) is 0. The van der Waals surface area contributed by atoms with Gasteiger partial charge in [-0.15, -0.1) is 0 Å². The van der Waals surface area contributed by atoms with Gasteiger partial charge in [0.15, 0.2) is 5.82 Å². The maximum absolute atomic E-state index is 14.0. The maximum atomic E-state index is 14.0. The molecule has 0 spiro atoms. The number of fused-ring (bicyclic) bond motifs is 2. The minimum absolute atomic E-state index is 0.100. The lowest BCUT2D eigenvalue weighted by atomic mass is 10.1. The number of benzene rings is 1. The summed E-state index contributed by atoms with van der Waals surface area (Å²) in [6.45, 7) is 3.64. The van der Waals surface area contributed by atoms with E-state index in [0.717, 1.165) is 17.0 Å². The molecule has 6 rings (SSSR count). The van der Waals surface area contributed by atoms with Crippen molar-refractivity contribution in [2.45, 2.75) is 13.8 Å². The number of halogens is 1. The van der Waals surface area contributed by atoms with E-state index in [9.17, 15) is 14.3 Å². The number of phenolic OH excluding ortho intramolecular Hbond substituents is 1. The Morgan fingerprint density at radius 2 is 1.82 bits per heavy atom. The minimum atomic E-state index is -0.562. The molecule has 5 aromatic heterocycles. The van der Waals surface area contributed by atoms with E-state index in [4.69, 9.17) is 4.98 Å². The van der Waals surface area contributed by atoms with Crippen molar-refractivity contribution in [3.63, 3.8) is 0 Å². The Morgan fingerprint density at radius 1 is 0.974 bits per heavy atom. The normalized spacial score (nSPS) is 11.5. The molecule has 38 heavy (non-hydrogen) atoms. The highest BCUT2D eigenvalue weighted by atomic mass is 19.1. The minimum Gasteiger partial charge on any atom is -0.508 e. The first-order valence-corrected chi connectivity index (χ1v) is 11.8. The maximum Gasteiger partial charge on any atom is 0.226 e. The zero-order valence-electron chi connectivity index (χ0n) is 20.3. The summed E-state index contributed by atoms with van der Waals surface area (Å²) >= 11 is 0. The van der Waals surface area contributed by atoms with Crippen molar-refractivity contribution >= 4 is 33.5 Å². The van der Waals surface area contributed by atoms with E-state index in [1.54, 1.807) is 31.0 Å². The number of nitrogens with zero attached hydrogens (tertiary/aromatic N) is 5. The Balaban J connectivity index is 1.42. The van der Waals surface area contributed by atoms with E-state index in [2.05, 4.69) is 35.5 Å². The smallest absolute Gasteiger partial charge is 0.226 e. The van der Waals surface area contributed by atoms with Crippen LogP contribution in [0.25, 0.3) is 55.8 Å². The molecule has 11 heteroatoms. The third-order valence-electron chi connectivity index (χ3n) is 6.09. The summed E-state index contributed by atoms with van der Waals surface area (Å²) in [6, 6.07) is 7.50. The molecule has 0 radical (unpaired) electrons. The molecule has 0 fully saturated rings. The van der Waals surface area contributed by atoms with E-state index in [1.807, 2.05) is 26.0 Å². The number of carbonyl (C=O) groups is 1. The van der Waals surface area contributed by atoms with Gasteiger partial charge in [-0.25, -0.2) is 9.37 Å². The fourth-order valence-electron chi connectivity index (χ4n) is 4.18. The van der Waals surface area contributed by atoms with E-state index < -0.39 is 5.82 Å². The largest absolute Gasteiger partial charge is 0.508 e. The van der Waals surface area contributed by atoms with E-state index >= 15 is 0 Å². The van der Waals surface area contributed by atoms with Gasteiger partial charge < -0.3 is 15.4 Å². The van der Waals surface area contributed by atoms with Gasteiger partial charge in [-0.1, -0.05) is 13.8 Å². The first-order valence-electron chi connectivity index (χ1n) is 11.8. The number of carbonyl (C=O) groups excluding carboxylic acids is 1. The van der Waals surface area contributed by atoms with Gasteiger partial charge in [-0.05, 0) is 29.8 Å². The van der Waals surface area contributed by atoms with Crippen LogP contribution in [0.4, 0.5) is 10.1 Å². The number of aromatic hydroxyl groups is 1. The lowest BCUT2D eigenvalue weighted by Crippen LogP contribution is -2.17. The molecule has 6 aromatic rings. The predicted octanol–water partition coefficient (Wildman–Crippen LogP) is 5.06. The Bertz CT molecular complexity index is 1820. The van der Waals surface area contributed by atoms with Crippen molar-refractivity contribution in [3.05, 3.63) is 67.1 Å². The molecule has 0 unspecified atom stereocenters. The zero-order chi connectivity index (χ0) is 26.4. The highest BCUT2D eigenvalue weighted by molar-refractivity contribution is 5.98. The number of pyridine rings is 3. The van der Waals surface area contributed by atoms with E-state index in [1.165, 1.54) is 12.1 Å². The SMILES string of the molecule is CC(C)C(=O)Nc1cncc(-c2cc3c(-c4nc5c(-c6cc(O)cc(F)c6)cncc5[nH]4)n[nH]c3cn2)c1. The van der Waals surface area contributed by atoms with Crippen LogP contribution in [-0.4, -0.2) is 46.1 Å². The first kappa shape index (κ1) is 23.2. The standard InChI is InChI=1S/C27H21FN8O2/c1-13(2)27(38)32-17-4-15(8-29-9-17)21-7-19-22(12-31-21)35-36-25(19)26-33-23-11-30-10-20(24(23)34-26)14-3-16(28)6-18(37)5-14/h3-13,37H,1-2H3,(H,32,38)(H,33,34)(H,35,36). The van der Waals surface area contributed by atoms with Crippen molar-refractivity contribution in [2.75, 3.05) is 5.32 Å². The van der Waals surface area contributed by atoms with Crippen LogP contribution in [0.1, 0.15) is 13.8 Å². The lowest BCUT2D eigenvalue weighted by molar-refractivity contribution is -0.118. The van der Waals surface area contributed by atoms with Gasteiger partial charge in [0.1, 0.15) is 17.3 Å². The molecule has 0 bridgehead atoms. The second-order valence-corrected chi connectivity index (χ2v) is 9.16.